The number of amides is 1. The van der Waals surface area contributed by atoms with Gasteiger partial charge in [-0.1, -0.05) is 19.1 Å². The molecule has 0 aliphatic heterocycles. The topological polar surface area (TPSA) is 82.3 Å². The average molecular weight is 262 g/mol. The molecule has 0 aliphatic rings. The predicted molar refractivity (Wildman–Crippen MR) is 70.6 cm³/mol. The van der Waals surface area contributed by atoms with E-state index in [1.54, 1.807) is 31.2 Å². The second-order valence-corrected chi connectivity index (χ2v) is 4.52. The highest BCUT2D eigenvalue weighted by molar-refractivity contribution is 5.78. The van der Waals surface area contributed by atoms with Crippen LogP contribution in [-0.2, 0) is 4.79 Å². The Kier molecular flexibility index (Phi) is 5.34. The summed E-state index contributed by atoms with van der Waals surface area (Å²) in [5.41, 5.74) is -0.259. The van der Waals surface area contributed by atoms with Crippen LogP contribution in [0.3, 0.4) is 0 Å². The Morgan fingerprint density at radius 3 is 2.79 bits per heavy atom. The second kappa shape index (κ2) is 6.76. The number of nitrogens with one attached hydrogen (secondary N) is 1. The van der Waals surface area contributed by atoms with Crippen molar-refractivity contribution in [3.63, 3.8) is 0 Å². The van der Waals surface area contributed by atoms with Gasteiger partial charge in [-0.25, -0.2) is 0 Å². The number of aliphatic hydroxyl groups is 1. The first kappa shape index (κ1) is 15.0. The van der Waals surface area contributed by atoms with Crippen LogP contribution in [0.15, 0.2) is 24.3 Å². The quantitative estimate of drug-likeness (QED) is 0.807. The number of nitriles is 1. The van der Waals surface area contributed by atoms with Gasteiger partial charge in [0.15, 0.2) is 6.61 Å². The number of carbonyl (C=O) groups excluding carboxylic acids is 1. The molecule has 5 nitrogen and oxygen atoms in total. The first-order valence-corrected chi connectivity index (χ1v) is 6.08. The van der Waals surface area contributed by atoms with Gasteiger partial charge in [-0.05, 0) is 25.5 Å². The first-order valence-electron chi connectivity index (χ1n) is 6.08. The van der Waals surface area contributed by atoms with Crippen molar-refractivity contribution in [2.24, 2.45) is 0 Å². The molecule has 1 rings (SSSR count). The number of carbonyl (C=O) groups is 1. The lowest BCUT2D eigenvalue weighted by Crippen LogP contribution is -2.49. The van der Waals surface area contributed by atoms with Crippen LogP contribution in [-0.4, -0.2) is 29.8 Å². The van der Waals surface area contributed by atoms with Crippen LogP contribution < -0.4 is 10.1 Å². The van der Waals surface area contributed by atoms with Crippen molar-refractivity contribution in [3.05, 3.63) is 29.8 Å². The third kappa shape index (κ3) is 4.27. The molecule has 1 unspecified atom stereocenters. The van der Waals surface area contributed by atoms with E-state index < -0.39 is 5.54 Å². The fourth-order valence-electron chi connectivity index (χ4n) is 1.44. The molecular weight excluding hydrogens is 244 g/mol. The van der Waals surface area contributed by atoms with Crippen LogP contribution in [0.25, 0.3) is 0 Å². The molecule has 0 fully saturated rings. The SMILES string of the molecule is CCC(C)(CO)NC(=O)COc1ccccc1C#N. The molecule has 0 heterocycles. The summed E-state index contributed by atoms with van der Waals surface area (Å²) in [4.78, 5) is 11.7. The van der Waals surface area contributed by atoms with Gasteiger partial charge in [0.2, 0.25) is 0 Å². The number of aliphatic hydroxyl groups excluding tert-OH is 1. The van der Waals surface area contributed by atoms with Crippen molar-refractivity contribution < 1.29 is 14.6 Å². The van der Waals surface area contributed by atoms with Gasteiger partial charge in [-0.2, -0.15) is 5.26 Å². The van der Waals surface area contributed by atoms with Crippen molar-refractivity contribution in [2.45, 2.75) is 25.8 Å². The summed E-state index contributed by atoms with van der Waals surface area (Å²) in [6.07, 6.45) is 0.615. The molecule has 0 bridgehead atoms. The van der Waals surface area contributed by atoms with Gasteiger partial charge in [-0.15, -0.1) is 0 Å². The van der Waals surface area contributed by atoms with Gasteiger partial charge in [-0.3, -0.25) is 4.79 Å². The van der Waals surface area contributed by atoms with E-state index in [0.717, 1.165) is 0 Å². The van der Waals surface area contributed by atoms with Crippen LogP contribution >= 0.6 is 0 Å². The lowest BCUT2D eigenvalue weighted by atomic mass is 10.0. The zero-order valence-corrected chi connectivity index (χ0v) is 11.1. The van der Waals surface area contributed by atoms with Crippen molar-refractivity contribution in [1.29, 1.82) is 5.26 Å². The minimum Gasteiger partial charge on any atom is -0.482 e. The fraction of sp³-hybridized carbons (Fsp3) is 0.429. The van der Waals surface area contributed by atoms with E-state index in [0.29, 0.717) is 17.7 Å². The van der Waals surface area contributed by atoms with Crippen molar-refractivity contribution in [3.8, 4) is 11.8 Å². The van der Waals surface area contributed by atoms with Gasteiger partial charge < -0.3 is 15.2 Å². The Morgan fingerprint density at radius 2 is 2.21 bits per heavy atom. The fourth-order valence-corrected chi connectivity index (χ4v) is 1.44. The molecule has 0 radical (unpaired) electrons. The van der Waals surface area contributed by atoms with E-state index in [9.17, 15) is 9.90 Å². The Bertz CT molecular complexity index is 476. The Balaban J connectivity index is 2.58. The minimum atomic E-state index is -0.644. The summed E-state index contributed by atoms with van der Waals surface area (Å²) in [6.45, 7) is 3.31. The van der Waals surface area contributed by atoms with Gasteiger partial charge in [0.05, 0.1) is 17.7 Å². The lowest BCUT2D eigenvalue weighted by Gasteiger charge is -2.27. The highest BCUT2D eigenvalue weighted by Gasteiger charge is 2.23. The third-order valence-electron chi connectivity index (χ3n) is 2.94. The summed E-state index contributed by atoms with van der Waals surface area (Å²) in [7, 11) is 0. The van der Waals surface area contributed by atoms with Gasteiger partial charge >= 0.3 is 0 Å². The smallest absolute Gasteiger partial charge is 0.258 e. The summed E-state index contributed by atoms with van der Waals surface area (Å²) in [5, 5.41) is 20.8. The Hall–Kier alpha value is -2.06. The molecule has 19 heavy (non-hydrogen) atoms. The maximum Gasteiger partial charge on any atom is 0.258 e. The first-order chi connectivity index (χ1) is 9.04. The summed E-state index contributed by atoms with van der Waals surface area (Å²) < 4.78 is 5.31. The molecule has 102 valence electrons. The highest BCUT2D eigenvalue weighted by Crippen LogP contribution is 2.16. The highest BCUT2D eigenvalue weighted by atomic mass is 16.5. The Morgan fingerprint density at radius 1 is 1.53 bits per heavy atom. The van der Waals surface area contributed by atoms with Gasteiger partial charge in [0.25, 0.3) is 5.91 Å². The third-order valence-corrected chi connectivity index (χ3v) is 2.94. The van der Waals surface area contributed by atoms with Crippen LogP contribution in [0.4, 0.5) is 0 Å². The summed E-state index contributed by atoms with van der Waals surface area (Å²) in [5.74, 6) is 0.0495. The standard InChI is InChI=1S/C14H18N2O3/c1-3-14(2,10-17)16-13(18)9-19-12-7-5-4-6-11(12)8-15/h4-7,17H,3,9-10H2,1-2H3,(H,16,18). The van der Waals surface area contributed by atoms with Crippen LogP contribution in [0.1, 0.15) is 25.8 Å². The number of rotatable bonds is 6. The number of hydrogen-bond donors (Lipinski definition) is 2. The van der Waals surface area contributed by atoms with E-state index in [1.807, 2.05) is 13.0 Å². The molecule has 1 atom stereocenters. The molecule has 0 aliphatic carbocycles. The molecule has 0 saturated carbocycles. The summed E-state index contributed by atoms with van der Waals surface area (Å²) >= 11 is 0. The molecule has 5 heteroatoms. The molecule has 2 N–H and O–H groups in total. The second-order valence-electron chi connectivity index (χ2n) is 4.52. The number of benzene rings is 1. The Labute approximate surface area is 112 Å². The minimum absolute atomic E-state index is 0.135. The van der Waals surface area contributed by atoms with Crippen molar-refractivity contribution >= 4 is 5.91 Å². The van der Waals surface area contributed by atoms with E-state index >= 15 is 0 Å². The van der Waals surface area contributed by atoms with Crippen LogP contribution in [0.5, 0.6) is 5.75 Å². The average Bonchev–Trinajstić information content (AvgIpc) is 2.45. The molecule has 0 saturated heterocycles. The van der Waals surface area contributed by atoms with E-state index in [-0.39, 0.29) is 19.1 Å². The molecule has 1 aromatic rings. The zero-order valence-electron chi connectivity index (χ0n) is 11.1. The van der Waals surface area contributed by atoms with Crippen molar-refractivity contribution in [1.82, 2.24) is 5.32 Å². The lowest BCUT2D eigenvalue weighted by molar-refractivity contribution is -0.125. The number of ether oxygens (including phenoxy) is 1. The normalized spacial score (nSPS) is 13.2. The molecular formula is C14H18N2O3. The number of nitrogens with zero attached hydrogens (tertiary/aromatic N) is 1. The van der Waals surface area contributed by atoms with E-state index in [2.05, 4.69) is 5.32 Å². The molecule has 0 aromatic heterocycles. The van der Waals surface area contributed by atoms with E-state index in [4.69, 9.17) is 10.00 Å². The monoisotopic (exact) mass is 262 g/mol. The maximum absolute atomic E-state index is 11.7. The number of hydrogen-bond acceptors (Lipinski definition) is 4. The molecule has 1 amide bonds. The zero-order chi connectivity index (χ0) is 14.3. The van der Waals surface area contributed by atoms with E-state index in [1.165, 1.54) is 0 Å². The number of para-hydroxylation sites is 1. The summed E-state index contributed by atoms with van der Waals surface area (Å²) in [6, 6.07) is 8.71. The molecule has 0 spiro atoms. The van der Waals surface area contributed by atoms with Gasteiger partial charge in [0.1, 0.15) is 11.8 Å². The molecule has 1 aromatic carbocycles. The van der Waals surface area contributed by atoms with Gasteiger partial charge in [0, 0.05) is 0 Å². The predicted octanol–water partition coefficient (Wildman–Crippen LogP) is 1.21. The maximum atomic E-state index is 11.7. The van der Waals surface area contributed by atoms with Crippen LogP contribution in [0, 0.1) is 11.3 Å². The largest absolute Gasteiger partial charge is 0.482 e. The van der Waals surface area contributed by atoms with Crippen molar-refractivity contribution in [2.75, 3.05) is 13.2 Å². The van der Waals surface area contributed by atoms with Crippen LogP contribution in [0.2, 0.25) is 0 Å².